The van der Waals surface area contributed by atoms with E-state index in [0.29, 0.717) is 0 Å². The van der Waals surface area contributed by atoms with Gasteiger partial charge in [0.05, 0.1) is 34.9 Å². The highest BCUT2D eigenvalue weighted by molar-refractivity contribution is 6.09. The van der Waals surface area contributed by atoms with E-state index in [-0.39, 0.29) is 12.1 Å². The molecule has 0 aliphatic carbocycles. The quantitative estimate of drug-likeness (QED) is 0.743. The summed E-state index contributed by atoms with van der Waals surface area (Å²) in [5.74, 6) is 0. The first-order valence-electron chi connectivity index (χ1n) is 8.10. The van der Waals surface area contributed by atoms with Gasteiger partial charge in [0.25, 0.3) is 0 Å². The Balaban J connectivity index is 1.60. The molecule has 2 atom stereocenters. The van der Waals surface area contributed by atoms with Crippen molar-refractivity contribution in [3.8, 4) is 11.4 Å². The second-order valence-corrected chi connectivity index (χ2v) is 6.13. The molecule has 2 aromatic rings. The first-order valence-corrected chi connectivity index (χ1v) is 8.10. The van der Waals surface area contributed by atoms with E-state index in [1.807, 2.05) is 12.2 Å². The predicted octanol–water partition coefficient (Wildman–Crippen LogP) is 3.81. The monoisotopic (exact) mass is 312 g/mol. The van der Waals surface area contributed by atoms with Gasteiger partial charge in [0, 0.05) is 11.4 Å². The van der Waals surface area contributed by atoms with E-state index in [0.717, 1.165) is 34.2 Å². The van der Waals surface area contributed by atoms with Crippen molar-refractivity contribution in [3.05, 3.63) is 72.1 Å². The Hall–Kier alpha value is -3.14. The molecule has 0 radical (unpaired) electrons. The van der Waals surface area contributed by atoms with Crippen LogP contribution in [-0.4, -0.2) is 33.5 Å². The lowest BCUT2D eigenvalue weighted by Crippen LogP contribution is -2.15. The van der Waals surface area contributed by atoms with Crippen molar-refractivity contribution in [1.82, 2.24) is 9.97 Å². The van der Waals surface area contributed by atoms with E-state index in [9.17, 15) is 0 Å². The zero-order chi connectivity index (χ0) is 15.9. The molecule has 0 saturated carbocycles. The number of H-pyrrole nitrogens is 2. The summed E-state index contributed by atoms with van der Waals surface area (Å²) in [6.45, 7) is 0. The Morgan fingerprint density at radius 1 is 0.583 bits per heavy atom. The molecule has 0 spiro atoms. The summed E-state index contributed by atoms with van der Waals surface area (Å²) >= 11 is 0. The van der Waals surface area contributed by atoms with E-state index in [4.69, 9.17) is 9.98 Å². The molecule has 2 unspecified atom stereocenters. The second kappa shape index (κ2) is 5.20. The molecule has 24 heavy (non-hydrogen) atoms. The molecule has 5 heterocycles. The fourth-order valence-corrected chi connectivity index (χ4v) is 3.17. The third kappa shape index (κ3) is 2.33. The van der Waals surface area contributed by atoms with Crippen LogP contribution in [0, 0.1) is 0 Å². The maximum Gasteiger partial charge on any atom is 0.0950 e. The van der Waals surface area contributed by atoms with E-state index in [1.54, 1.807) is 0 Å². The summed E-state index contributed by atoms with van der Waals surface area (Å²) in [6, 6.07) is 8.51. The van der Waals surface area contributed by atoms with Gasteiger partial charge in [0.15, 0.2) is 0 Å². The van der Waals surface area contributed by atoms with Crippen molar-refractivity contribution < 1.29 is 0 Å². The van der Waals surface area contributed by atoms with E-state index in [1.165, 1.54) is 0 Å². The Kier molecular flexibility index (Phi) is 2.88. The predicted molar refractivity (Wildman–Crippen MR) is 99.4 cm³/mol. The number of fused-ring (bicyclic) bond motifs is 8. The molecule has 5 rings (SSSR count). The van der Waals surface area contributed by atoms with Crippen LogP contribution in [0.5, 0.6) is 0 Å². The molecule has 116 valence electrons. The maximum absolute atomic E-state index is 4.75. The third-order valence-electron chi connectivity index (χ3n) is 4.45. The van der Waals surface area contributed by atoms with Gasteiger partial charge >= 0.3 is 0 Å². The summed E-state index contributed by atoms with van der Waals surface area (Å²) in [6.07, 6.45) is 16.6. The molecule has 0 amide bonds. The zero-order valence-corrected chi connectivity index (χ0v) is 13.0. The lowest BCUT2D eigenvalue weighted by atomic mass is 10.1. The first kappa shape index (κ1) is 13.3. The van der Waals surface area contributed by atoms with Crippen LogP contribution in [0.1, 0.15) is 11.4 Å². The molecule has 4 heteroatoms. The Bertz CT molecular complexity index is 895. The Labute approximate surface area is 139 Å². The van der Waals surface area contributed by atoms with Gasteiger partial charge in [-0.05, 0) is 60.7 Å². The number of aromatic nitrogens is 2. The largest absolute Gasteiger partial charge is 0.354 e. The molecule has 3 aliphatic heterocycles. The molecule has 4 nitrogen and oxygen atoms in total. The average molecular weight is 312 g/mol. The van der Waals surface area contributed by atoms with Gasteiger partial charge in [-0.1, -0.05) is 12.2 Å². The summed E-state index contributed by atoms with van der Waals surface area (Å²) in [7, 11) is 0. The van der Waals surface area contributed by atoms with Crippen molar-refractivity contribution in [2.24, 2.45) is 9.98 Å². The highest BCUT2D eigenvalue weighted by Gasteiger charge is 2.21. The molecular weight excluding hydrogens is 296 g/mol. The highest BCUT2D eigenvalue weighted by atomic mass is 14.9. The van der Waals surface area contributed by atoms with Crippen LogP contribution in [0.15, 0.2) is 70.7 Å². The first-order chi connectivity index (χ1) is 11.8. The molecular formula is C20H16N4. The van der Waals surface area contributed by atoms with Gasteiger partial charge in [-0.15, -0.1) is 0 Å². The molecule has 2 N–H and O–H groups in total. The molecule has 0 fully saturated rings. The van der Waals surface area contributed by atoms with Gasteiger partial charge in [0.2, 0.25) is 0 Å². The molecule has 8 bridgehead atoms. The number of nitrogens with one attached hydrogen (secondary N) is 2. The van der Waals surface area contributed by atoms with Crippen LogP contribution in [0.25, 0.3) is 23.5 Å². The number of aromatic amines is 2. The van der Waals surface area contributed by atoms with Crippen LogP contribution < -0.4 is 0 Å². The Morgan fingerprint density at radius 2 is 1.08 bits per heavy atom. The summed E-state index contributed by atoms with van der Waals surface area (Å²) in [5.41, 5.74) is 6.23. The van der Waals surface area contributed by atoms with Gasteiger partial charge in [-0.3, -0.25) is 9.98 Å². The van der Waals surface area contributed by atoms with Gasteiger partial charge < -0.3 is 9.97 Å². The van der Waals surface area contributed by atoms with Gasteiger partial charge in [-0.25, -0.2) is 0 Å². The van der Waals surface area contributed by atoms with E-state index in [2.05, 4.69) is 70.7 Å². The molecule has 0 aromatic carbocycles. The lowest BCUT2D eigenvalue weighted by molar-refractivity contribution is 0.729. The van der Waals surface area contributed by atoms with Gasteiger partial charge in [-0.2, -0.15) is 0 Å². The number of hydrogen-bond donors (Lipinski definition) is 2. The number of rotatable bonds is 0. The van der Waals surface area contributed by atoms with Crippen LogP contribution in [0.2, 0.25) is 0 Å². The SMILES string of the molecule is C1=Cc2ccc([nH]2)-c2ccc([nH]2)/C=C\C2=NC(C=C2)C2C=CC1=N2. The van der Waals surface area contributed by atoms with Crippen LogP contribution in [0.3, 0.4) is 0 Å². The zero-order valence-electron chi connectivity index (χ0n) is 13.0. The number of hydrogen-bond acceptors (Lipinski definition) is 2. The molecule has 0 saturated heterocycles. The summed E-state index contributed by atoms with van der Waals surface area (Å²) in [5, 5.41) is 0. The van der Waals surface area contributed by atoms with Crippen molar-refractivity contribution in [1.29, 1.82) is 0 Å². The smallest absolute Gasteiger partial charge is 0.0950 e. The second-order valence-electron chi connectivity index (χ2n) is 6.13. The van der Waals surface area contributed by atoms with Crippen LogP contribution in [-0.2, 0) is 0 Å². The average Bonchev–Trinajstić information content (AvgIpc) is 3.37. The minimum atomic E-state index is 0.0935. The van der Waals surface area contributed by atoms with Crippen LogP contribution in [0.4, 0.5) is 0 Å². The van der Waals surface area contributed by atoms with Gasteiger partial charge in [0.1, 0.15) is 0 Å². The fraction of sp³-hybridized carbons (Fsp3) is 0.100. The topological polar surface area (TPSA) is 56.3 Å². The van der Waals surface area contributed by atoms with E-state index < -0.39 is 0 Å². The number of allylic oxidation sites excluding steroid dienone is 4. The highest BCUT2D eigenvalue weighted by Crippen LogP contribution is 2.22. The minimum Gasteiger partial charge on any atom is -0.354 e. The fourth-order valence-electron chi connectivity index (χ4n) is 3.17. The normalized spacial score (nSPS) is 25.0. The van der Waals surface area contributed by atoms with E-state index >= 15 is 0 Å². The molecule has 3 aliphatic rings. The van der Waals surface area contributed by atoms with Crippen molar-refractivity contribution in [2.45, 2.75) is 12.1 Å². The van der Waals surface area contributed by atoms with Crippen molar-refractivity contribution in [3.63, 3.8) is 0 Å². The number of aliphatic imine (C=N–C) groups is 2. The maximum atomic E-state index is 4.75. The summed E-state index contributed by atoms with van der Waals surface area (Å²) < 4.78 is 0. The van der Waals surface area contributed by atoms with Crippen LogP contribution >= 0.6 is 0 Å². The Morgan fingerprint density at radius 3 is 1.58 bits per heavy atom. The third-order valence-corrected chi connectivity index (χ3v) is 4.45. The standard InChI is InChI=1S/C20H16N4/c1-2-14-6-10-19(22-14)20-12-8-16(24-20)4-3-15-7-11-18(23-15)17-9-5-13(1)21-17/h1-12,17-18,22,24H/b2-1-,4-3?. The lowest BCUT2D eigenvalue weighted by Gasteiger charge is -2.08. The van der Waals surface area contributed by atoms with Crippen molar-refractivity contribution >= 4 is 23.6 Å². The molecule has 2 aromatic heterocycles. The minimum absolute atomic E-state index is 0.0935. The van der Waals surface area contributed by atoms with Crippen molar-refractivity contribution in [2.75, 3.05) is 0 Å². The number of nitrogens with zero attached hydrogens (tertiary/aromatic N) is 2. The summed E-state index contributed by atoms with van der Waals surface area (Å²) in [4.78, 5) is 16.3.